The summed E-state index contributed by atoms with van der Waals surface area (Å²) in [7, 11) is 0. The van der Waals surface area contributed by atoms with Gasteiger partial charge in [0.1, 0.15) is 5.84 Å². The minimum Gasteiger partial charge on any atom is -0.471 e. The Labute approximate surface area is 69.3 Å². The van der Waals surface area contributed by atoms with Gasteiger partial charge < -0.3 is 10.2 Å². The summed E-state index contributed by atoms with van der Waals surface area (Å²) < 4.78 is 4.99. The fraction of sp³-hybridized carbons (Fsp3) is 0. The van der Waals surface area contributed by atoms with Gasteiger partial charge in [-0.1, -0.05) is 12.1 Å². The Hall–Kier alpha value is -1.77. The number of hydrogen-bond donors (Lipinski definition) is 2. The molecule has 0 aliphatic carbocycles. The highest BCUT2D eigenvalue weighted by atomic mass is 16.3. The largest absolute Gasteiger partial charge is 0.471 e. The maximum Gasteiger partial charge on any atom is 0.122 e. The lowest BCUT2D eigenvalue weighted by molar-refractivity contribution is 0.572. The lowest BCUT2D eigenvalue weighted by Crippen LogP contribution is -2.10. The van der Waals surface area contributed by atoms with Crippen LogP contribution in [0.2, 0.25) is 0 Å². The van der Waals surface area contributed by atoms with Crippen LogP contribution in [0.15, 0.2) is 35.1 Å². The van der Waals surface area contributed by atoms with Gasteiger partial charge in [0.15, 0.2) is 0 Å². The molecule has 3 heteroatoms. The standard InChI is InChI=1S/C9H8N2O/c10-9(11)6-1-2-7-4-12-5-8(7)3-6/h1-5H,(H3,10,11). The lowest BCUT2D eigenvalue weighted by Gasteiger charge is -1.95. The zero-order chi connectivity index (χ0) is 8.55. The Kier molecular flexibility index (Phi) is 1.37. The van der Waals surface area contributed by atoms with Crippen LogP contribution in [0.3, 0.4) is 0 Å². The van der Waals surface area contributed by atoms with Crippen LogP contribution < -0.4 is 5.73 Å². The first kappa shape index (κ1) is 6.91. The minimum absolute atomic E-state index is 0.0816. The molecule has 0 bridgehead atoms. The molecule has 0 aliphatic rings. The first-order valence-electron chi connectivity index (χ1n) is 3.58. The van der Waals surface area contributed by atoms with Crippen LogP contribution in [0.4, 0.5) is 0 Å². The van der Waals surface area contributed by atoms with Crippen LogP contribution in [-0.4, -0.2) is 5.84 Å². The average molecular weight is 160 g/mol. The molecule has 3 N–H and O–H groups in total. The molecule has 1 aromatic carbocycles. The summed E-state index contributed by atoms with van der Waals surface area (Å²) in [5, 5.41) is 9.21. The van der Waals surface area contributed by atoms with Crippen LogP contribution in [0, 0.1) is 5.41 Å². The second-order valence-corrected chi connectivity index (χ2v) is 2.63. The number of rotatable bonds is 1. The minimum atomic E-state index is 0.0816. The van der Waals surface area contributed by atoms with Crippen molar-refractivity contribution in [3.8, 4) is 0 Å². The van der Waals surface area contributed by atoms with Crippen molar-refractivity contribution in [3.63, 3.8) is 0 Å². The highest BCUT2D eigenvalue weighted by Crippen LogP contribution is 2.16. The molecule has 0 radical (unpaired) electrons. The summed E-state index contributed by atoms with van der Waals surface area (Å²) in [4.78, 5) is 0. The molecule has 60 valence electrons. The average Bonchev–Trinajstić information content (AvgIpc) is 2.49. The molecule has 12 heavy (non-hydrogen) atoms. The molecule has 1 heterocycles. The number of nitrogen functional groups attached to an aromatic ring is 1. The van der Waals surface area contributed by atoms with E-state index in [2.05, 4.69) is 0 Å². The van der Waals surface area contributed by atoms with Gasteiger partial charge in [-0.25, -0.2) is 0 Å². The van der Waals surface area contributed by atoms with Crippen molar-refractivity contribution in [1.82, 2.24) is 0 Å². The van der Waals surface area contributed by atoms with E-state index in [4.69, 9.17) is 15.6 Å². The molecular formula is C9H8N2O. The van der Waals surface area contributed by atoms with E-state index in [0.717, 1.165) is 16.3 Å². The van der Waals surface area contributed by atoms with Gasteiger partial charge in [0.2, 0.25) is 0 Å². The van der Waals surface area contributed by atoms with Gasteiger partial charge >= 0.3 is 0 Å². The molecule has 0 saturated heterocycles. The molecule has 2 rings (SSSR count). The normalized spacial score (nSPS) is 10.3. The van der Waals surface area contributed by atoms with Gasteiger partial charge in [-0.3, -0.25) is 5.41 Å². The van der Waals surface area contributed by atoms with E-state index in [1.165, 1.54) is 0 Å². The highest BCUT2D eigenvalue weighted by molar-refractivity contribution is 5.98. The molecule has 0 saturated carbocycles. The molecule has 0 spiro atoms. The van der Waals surface area contributed by atoms with E-state index in [1.807, 2.05) is 12.1 Å². The van der Waals surface area contributed by atoms with Gasteiger partial charge in [-0.2, -0.15) is 0 Å². The summed E-state index contributed by atoms with van der Waals surface area (Å²) in [6, 6.07) is 5.52. The number of furan rings is 1. The zero-order valence-corrected chi connectivity index (χ0v) is 6.37. The number of fused-ring (bicyclic) bond motifs is 1. The summed E-state index contributed by atoms with van der Waals surface area (Å²) >= 11 is 0. The quantitative estimate of drug-likeness (QED) is 0.492. The van der Waals surface area contributed by atoms with Crippen molar-refractivity contribution in [2.45, 2.75) is 0 Å². The molecule has 0 amide bonds. The van der Waals surface area contributed by atoms with E-state index in [9.17, 15) is 0 Å². The summed E-state index contributed by atoms with van der Waals surface area (Å²) in [6.07, 6.45) is 3.31. The zero-order valence-electron chi connectivity index (χ0n) is 6.37. The number of benzene rings is 1. The molecular weight excluding hydrogens is 152 g/mol. The van der Waals surface area contributed by atoms with E-state index in [1.54, 1.807) is 18.6 Å². The van der Waals surface area contributed by atoms with E-state index < -0.39 is 0 Å². The summed E-state index contributed by atoms with van der Waals surface area (Å²) in [5.41, 5.74) is 6.05. The Morgan fingerprint density at radius 3 is 2.75 bits per heavy atom. The third-order valence-electron chi connectivity index (χ3n) is 1.79. The van der Waals surface area contributed by atoms with Crippen molar-refractivity contribution in [2.75, 3.05) is 0 Å². The summed E-state index contributed by atoms with van der Waals surface area (Å²) in [6.45, 7) is 0. The van der Waals surface area contributed by atoms with Crippen molar-refractivity contribution in [3.05, 3.63) is 36.3 Å². The molecule has 0 aliphatic heterocycles. The monoisotopic (exact) mass is 160 g/mol. The van der Waals surface area contributed by atoms with Crippen molar-refractivity contribution >= 4 is 16.6 Å². The first-order chi connectivity index (χ1) is 5.77. The molecule has 3 nitrogen and oxygen atoms in total. The second kappa shape index (κ2) is 2.37. The van der Waals surface area contributed by atoms with Crippen LogP contribution in [-0.2, 0) is 0 Å². The van der Waals surface area contributed by atoms with Crippen LogP contribution >= 0.6 is 0 Å². The lowest BCUT2D eigenvalue weighted by atomic mass is 10.1. The predicted octanol–water partition coefficient (Wildman–Crippen LogP) is 1.72. The molecule has 1 aromatic heterocycles. The van der Waals surface area contributed by atoms with Crippen molar-refractivity contribution in [2.24, 2.45) is 5.73 Å². The van der Waals surface area contributed by atoms with E-state index in [-0.39, 0.29) is 5.84 Å². The Bertz CT molecular complexity index is 431. The third kappa shape index (κ3) is 0.955. The third-order valence-corrected chi connectivity index (χ3v) is 1.79. The Morgan fingerprint density at radius 2 is 2.00 bits per heavy atom. The van der Waals surface area contributed by atoms with Crippen molar-refractivity contribution < 1.29 is 4.42 Å². The van der Waals surface area contributed by atoms with Crippen LogP contribution in [0.25, 0.3) is 10.8 Å². The first-order valence-corrected chi connectivity index (χ1v) is 3.58. The fourth-order valence-electron chi connectivity index (χ4n) is 1.13. The molecule has 0 atom stereocenters. The SMILES string of the molecule is N=C(N)c1ccc2cocc2c1. The number of amidine groups is 1. The molecule has 2 aromatic rings. The summed E-state index contributed by atoms with van der Waals surface area (Å²) in [5.74, 6) is 0.0816. The maximum atomic E-state index is 7.21. The number of nitrogens with one attached hydrogen (secondary N) is 1. The maximum absolute atomic E-state index is 7.21. The van der Waals surface area contributed by atoms with E-state index in [0.29, 0.717) is 0 Å². The molecule has 0 unspecified atom stereocenters. The van der Waals surface area contributed by atoms with Crippen molar-refractivity contribution in [1.29, 1.82) is 5.41 Å². The fourth-order valence-corrected chi connectivity index (χ4v) is 1.13. The Morgan fingerprint density at radius 1 is 1.25 bits per heavy atom. The van der Waals surface area contributed by atoms with Gasteiger partial charge in [0.25, 0.3) is 0 Å². The highest BCUT2D eigenvalue weighted by Gasteiger charge is 1.99. The van der Waals surface area contributed by atoms with Gasteiger partial charge in [-0.05, 0) is 6.07 Å². The van der Waals surface area contributed by atoms with Crippen LogP contribution in [0.5, 0.6) is 0 Å². The predicted molar refractivity (Wildman–Crippen MR) is 47.2 cm³/mol. The Balaban J connectivity index is 2.68. The number of nitrogens with two attached hydrogens (primary N) is 1. The molecule has 0 fully saturated rings. The van der Waals surface area contributed by atoms with Gasteiger partial charge in [-0.15, -0.1) is 0 Å². The topological polar surface area (TPSA) is 63.0 Å². The van der Waals surface area contributed by atoms with Crippen LogP contribution in [0.1, 0.15) is 5.56 Å². The van der Waals surface area contributed by atoms with E-state index >= 15 is 0 Å². The van der Waals surface area contributed by atoms with Gasteiger partial charge in [0.05, 0.1) is 12.5 Å². The second-order valence-electron chi connectivity index (χ2n) is 2.63. The number of hydrogen-bond acceptors (Lipinski definition) is 2. The smallest absolute Gasteiger partial charge is 0.122 e. The van der Waals surface area contributed by atoms with Gasteiger partial charge in [0, 0.05) is 16.3 Å².